The zero-order valence-corrected chi connectivity index (χ0v) is 16.4. The number of methoxy groups -OCH3 is 1. The van der Waals surface area contributed by atoms with Crippen molar-refractivity contribution >= 4 is 0 Å². The lowest BCUT2D eigenvalue weighted by Crippen LogP contribution is -2.15. The smallest absolute Gasteiger partial charge is 0.226 e. The highest BCUT2D eigenvalue weighted by atomic mass is 16.5. The maximum atomic E-state index is 6.19. The van der Waals surface area contributed by atoms with Crippen molar-refractivity contribution in [1.82, 2.24) is 4.98 Å². The van der Waals surface area contributed by atoms with E-state index in [4.69, 9.17) is 14.2 Å². The fraction of sp³-hybridized carbons (Fsp3) is 0.476. The number of aryl methyl sites for hydroxylation is 3. The van der Waals surface area contributed by atoms with Crippen LogP contribution >= 0.6 is 0 Å². The standard InChI is InChI=1S/C21H29NO3/c1-8-17(9-2)24-19-12-15(5)22-21(16(19)6)25-20-13(3)10-18(23-7)11-14(20)4/h10-12,17H,8-9H2,1-7H3. The summed E-state index contributed by atoms with van der Waals surface area (Å²) in [6.07, 6.45) is 2.16. The molecule has 0 bridgehead atoms. The Morgan fingerprint density at radius 3 is 2.08 bits per heavy atom. The number of hydrogen-bond donors (Lipinski definition) is 0. The first kappa shape index (κ1) is 19.1. The van der Waals surface area contributed by atoms with Crippen molar-refractivity contribution in [3.8, 4) is 23.1 Å². The monoisotopic (exact) mass is 343 g/mol. The van der Waals surface area contributed by atoms with Crippen LogP contribution < -0.4 is 14.2 Å². The van der Waals surface area contributed by atoms with E-state index in [1.54, 1.807) is 7.11 Å². The van der Waals surface area contributed by atoms with Gasteiger partial charge in [-0.2, -0.15) is 0 Å². The van der Waals surface area contributed by atoms with Gasteiger partial charge in [0.1, 0.15) is 17.2 Å². The van der Waals surface area contributed by atoms with E-state index < -0.39 is 0 Å². The lowest BCUT2D eigenvalue weighted by atomic mass is 10.1. The van der Waals surface area contributed by atoms with E-state index >= 15 is 0 Å². The van der Waals surface area contributed by atoms with E-state index in [2.05, 4.69) is 18.8 Å². The van der Waals surface area contributed by atoms with Gasteiger partial charge in [-0.25, -0.2) is 4.98 Å². The number of pyridine rings is 1. The van der Waals surface area contributed by atoms with Gasteiger partial charge in [0.15, 0.2) is 0 Å². The molecule has 0 amide bonds. The Labute approximate surface area is 151 Å². The second-order valence-corrected chi connectivity index (χ2v) is 6.44. The van der Waals surface area contributed by atoms with Crippen LogP contribution in [0.3, 0.4) is 0 Å². The summed E-state index contributed by atoms with van der Waals surface area (Å²) in [5.74, 6) is 3.09. The highest BCUT2D eigenvalue weighted by Crippen LogP contribution is 2.36. The van der Waals surface area contributed by atoms with E-state index in [9.17, 15) is 0 Å². The van der Waals surface area contributed by atoms with Crippen LogP contribution in [0.4, 0.5) is 0 Å². The third-order valence-electron chi connectivity index (χ3n) is 4.38. The average molecular weight is 343 g/mol. The van der Waals surface area contributed by atoms with Gasteiger partial charge >= 0.3 is 0 Å². The van der Waals surface area contributed by atoms with Crippen LogP contribution in [0, 0.1) is 27.7 Å². The van der Waals surface area contributed by atoms with Crippen LogP contribution in [0.25, 0.3) is 0 Å². The summed E-state index contributed by atoms with van der Waals surface area (Å²) in [5.41, 5.74) is 3.83. The molecular formula is C21H29NO3. The lowest BCUT2D eigenvalue weighted by molar-refractivity contribution is 0.190. The molecule has 0 N–H and O–H groups in total. The molecule has 0 atom stereocenters. The molecule has 1 heterocycles. The Morgan fingerprint density at radius 2 is 1.56 bits per heavy atom. The predicted molar refractivity (Wildman–Crippen MR) is 101 cm³/mol. The molecule has 0 spiro atoms. The number of hydrogen-bond acceptors (Lipinski definition) is 4. The Kier molecular flexibility index (Phi) is 6.29. The van der Waals surface area contributed by atoms with Crippen LogP contribution in [0.1, 0.15) is 49.1 Å². The number of benzene rings is 1. The summed E-state index contributed by atoms with van der Waals surface area (Å²) < 4.78 is 17.7. The molecule has 0 saturated carbocycles. The van der Waals surface area contributed by atoms with Gasteiger partial charge < -0.3 is 14.2 Å². The van der Waals surface area contributed by atoms with Crippen molar-refractivity contribution in [2.45, 2.75) is 60.5 Å². The van der Waals surface area contributed by atoms with Crippen molar-refractivity contribution < 1.29 is 14.2 Å². The SMILES string of the molecule is CCC(CC)Oc1cc(C)nc(Oc2c(C)cc(OC)cc2C)c1C. The molecular weight excluding hydrogens is 314 g/mol. The van der Waals surface area contributed by atoms with Crippen LogP contribution in [-0.4, -0.2) is 18.2 Å². The zero-order chi connectivity index (χ0) is 18.6. The third-order valence-corrected chi connectivity index (χ3v) is 4.38. The lowest BCUT2D eigenvalue weighted by Gasteiger charge is -2.20. The molecule has 4 nitrogen and oxygen atoms in total. The molecule has 25 heavy (non-hydrogen) atoms. The molecule has 1 aromatic carbocycles. The van der Waals surface area contributed by atoms with Crippen molar-refractivity contribution in [3.63, 3.8) is 0 Å². The van der Waals surface area contributed by atoms with Crippen molar-refractivity contribution in [1.29, 1.82) is 0 Å². The number of ether oxygens (including phenoxy) is 3. The van der Waals surface area contributed by atoms with Crippen molar-refractivity contribution in [2.24, 2.45) is 0 Å². The van der Waals surface area contributed by atoms with Gasteiger partial charge in [0, 0.05) is 11.8 Å². The van der Waals surface area contributed by atoms with Crippen LogP contribution in [0.5, 0.6) is 23.1 Å². The second kappa shape index (κ2) is 8.24. The predicted octanol–water partition coefficient (Wildman–Crippen LogP) is 5.68. The van der Waals surface area contributed by atoms with Crippen LogP contribution in [0.15, 0.2) is 18.2 Å². The first-order valence-electron chi connectivity index (χ1n) is 8.87. The first-order valence-corrected chi connectivity index (χ1v) is 8.87. The maximum Gasteiger partial charge on any atom is 0.226 e. The minimum absolute atomic E-state index is 0.206. The fourth-order valence-electron chi connectivity index (χ4n) is 2.82. The van der Waals surface area contributed by atoms with Gasteiger partial charge in [0.05, 0.1) is 18.8 Å². The highest BCUT2D eigenvalue weighted by molar-refractivity contribution is 5.49. The van der Waals surface area contributed by atoms with Crippen LogP contribution in [0.2, 0.25) is 0 Å². The highest BCUT2D eigenvalue weighted by Gasteiger charge is 2.16. The quantitative estimate of drug-likeness (QED) is 0.648. The molecule has 136 valence electrons. The molecule has 0 aliphatic rings. The third kappa shape index (κ3) is 4.44. The molecule has 0 aliphatic carbocycles. The van der Waals surface area contributed by atoms with E-state index in [0.717, 1.165) is 52.5 Å². The number of rotatable bonds is 7. The largest absolute Gasteiger partial charge is 0.497 e. The summed E-state index contributed by atoms with van der Waals surface area (Å²) in [4.78, 5) is 4.58. The Hall–Kier alpha value is -2.23. The van der Waals surface area contributed by atoms with Crippen molar-refractivity contribution in [2.75, 3.05) is 7.11 Å². The van der Waals surface area contributed by atoms with E-state index in [0.29, 0.717) is 5.88 Å². The maximum absolute atomic E-state index is 6.19. The van der Waals surface area contributed by atoms with Gasteiger partial charge in [-0.1, -0.05) is 13.8 Å². The summed E-state index contributed by atoms with van der Waals surface area (Å²) in [6, 6.07) is 5.92. The summed E-state index contributed by atoms with van der Waals surface area (Å²) in [7, 11) is 1.67. The minimum Gasteiger partial charge on any atom is -0.497 e. The van der Waals surface area contributed by atoms with Gasteiger partial charge in [-0.3, -0.25) is 0 Å². The van der Waals surface area contributed by atoms with Gasteiger partial charge in [0.2, 0.25) is 5.88 Å². The molecule has 1 aromatic heterocycles. The number of aromatic nitrogens is 1. The summed E-state index contributed by atoms with van der Waals surface area (Å²) in [5, 5.41) is 0. The molecule has 0 radical (unpaired) electrons. The van der Waals surface area contributed by atoms with E-state index in [1.807, 2.05) is 45.9 Å². The summed E-state index contributed by atoms with van der Waals surface area (Å²) >= 11 is 0. The second-order valence-electron chi connectivity index (χ2n) is 6.44. The van der Waals surface area contributed by atoms with Crippen molar-refractivity contribution in [3.05, 3.63) is 40.6 Å². The average Bonchev–Trinajstić information content (AvgIpc) is 2.58. The molecule has 2 rings (SSSR count). The fourth-order valence-corrected chi connectivity index (χ4v) is 2.82. The molecule has 2 aromatic rings. The Morgan fingerprint density at radius 1 is 0.960 bits per heavy atom. The topological polar surface area (TPSA) is 40.6 Å². The normalized spacial score (nSPS) is 10.9. The molecule has 0 aliphatic heterocycles. The van der Waals surface area contributed by atoms with E-state index in [1.165, 1.54) is 0 Å². The minimum atomic E-state index is 0.206. The van der Waals surface area contributed by atoms with Gasteiger partial charge in [-0.15, -0.1) is 0 Å². The first-order chi connectivity index (χ1) is 11.9. The Balaban J connectivity index is 2.39. The van der Waals surface area contributed by atoms with Gasteiger partial charge in [0.25, 0.3) is 0 Å². The van der Waals surface area contributed by atoms with E-state index in [-0.39, 0.29) is 6.10 Å². The van der Waals surface area contributed by atoms with Crippen LogP contribution in [-0.2, 0) is 0 Å². The Bertz CT molecular complexity index is 713. The summed E-state index contributed by atoms with van der Waals surface area (Å²) in [6.45, 7) is 12.3. The van der Waals surface area contributed by atoms with Gasteiger partial charge in [-0.05, 0) is 63.8 Å². The molecule has 0 unspecified atom stereocenters. The molecule has 0 saturated heterocycles. The number of nitrogens with zero attached hydrogens (tertiary/aromatic N) is 1. The molecule has 4 heteroatoms. The zero-order valence-electron chi connectivity index (χ0n) is 16.4. The molecule has 0 fully saturated rings.